The average molecular weight is 315 g/mol. The third-order valence-electron chi connectivity index (χ3n) is 4.97. The van der Waals surface area contributed by atoms with Gasteiger partial charge in [0.2, 0.25) is 5.91 Å². The predicted octanol–water partition coefficient (Wildman–Crippen LogP) is 0.707. The number of rotatable bonds is 3. The number of aliphatic hydroxyl groups is 1. The fraction of sp³-hybridized carbons (Fsp3) is 0.529. The van der Waals surface area contributed by atoms with E-state index in [4.69, 9.17) is 0 Å². The van der Waals surface area contributed by atoms with Gasteiger partial charge in [-0.1, -0.05) is 24.3 Å². The van der Waals surface area contributed by atoms with Gasteiger partial charge in [-0.25, -0.2) is 4.79 Å². The number of hydrogen-bond acceptors (Lipinski definition) is 3. The summed E-state index contributed by atoms with van der Waals surface area (Å²) in [7, 11) is 0. The molecule has 4 rings (SSSR count). The van der Waals surface area contributed by atoms with Crippen molar-refractivity contribution < 1.29 is 14.7 Å². The van der Waals surface area contributed by atoms with Crippen molar-refractivity contribution in [2.24, 2.45) is 0 Å². The maximum absolute atomic E-state index is 12.2. The van der Waals surface area contributed by atoms with Crippen LogP contribution in [0.5, 0.6) is 0 Å². The third kappa shape index (κ3) is 2.79. The summed E-state index contributed by atoms with van der Waals surface area (Å²) >= 11 is 0. The number of hydrogen-bond donors (Lipinski definition) is 3. The lowest BCUT2D eigenvalue weighted by Gasteiger charge is -2.20. The van der Waals surface area contributed by atoms with Crippen molar-refractivity contribution >= 4 is 11.9 Å². The van der Waals surface area contributed by atoms with Gasteiger partial charge in [0.25, 0.3) is 0 Å². The van der Waals surface area contributed by atoms with Gasteiger partial charge in [0, 0.05) is 25.4 Å². The second-order valence-corrected chi connectivity index (χ2v) is 6.74. The predicted molar refractivity (Wildman–Crippen MR) is 83.7 cm³/mol. The van der Waals surface area contributed by atoms with E-state index in [1.54, 1.807) is 0 Å². The quantitative estimate of drug-likeness (QED) is 0.768. The van der Waals surface area contributed by atoms with Crippen molar-refractivity contribution in [3.05, 3.63) is 35.4 Å². The van der Waals surface area contributed by atoms with E-state index in [2.05, 4.69) is 10.6 Å². The van der Waals surface area contributed by atoms with Crippen LogP contribution in [0.25, 0.3) is 0 Å². The summed E-state index contributed by atoms with van der Waals surface area (Å²) in [5, 5.41) is 15.9. The Morgan fingerprint density at radius 2 is 1.96 bits per heavy atom. The molecule has 2 fully saturated rings. The first kappa shape index (κ1) is 14.5. The molecule has 1 aromatic rings. The maximum atomic E-state index is 12.2. The van der Waals surface area contributed by atoms with Crippen molar-refractivity contribution in [3.8, 4) is 0 Å². The van der Waals surface area contributed by atoms with Gasteiger partial charge in [-0.05, 0) is 24.0 Å². The van der Waals surface area contributed by atoms with Crippen LogP contribution >= 0.6 is 0 Å². The van der Waals surface area contributed by atoms with Crippen molar-refractivity contribution in [2.45, 2.75) is 49.9 Å². The maximum Gasteiger partial charge on any atom is 0.315 e. The first-order valence-corrected chi connectivity index (χ1v) is 8.24. The number of fused-ring (bicyclic) bond motifs is 1. The zero-order valence-corrected chi connectivity index (χ0v) is 12.9. The minimum absolute atomic E-state index is 0.129. The molecule has 0 spiro atoms. The molecule has 3 N–H and O–H groups in total. The van der Waals surface area contributed by atoms with Crippen LogP contribution in [-0.4, -0.2) is 46.7 Å². The molecule has 3 amide bonds. The van der Waals surface area contributed by atoms with Crippen molar-refractivity contribution in [1.82, 2.24) is 15.5 Å². The summed E-state index contributed by atoms with van der Waals surface area (Å²) in [5.74, 6) is 0.129. The molecule has 3 atom stereocenters. The highest BCUT2D eigenvalue weighted by molar-refractivity contribution is 5.82. The molecule has 1 aromatic carbocycles. The average Bonchev–Trinajstić information content (AvgIpc) is 3.23. The Balaban J connectivity index is 1.36. The van der Waals surface area contributed by atoms with E-state index in [-0.39, 0.29) is 24.0 Å². The number of benzene rings is 1. The number of aliphatic hydroxyl groups excluding tert-OH is 1. The molecule has 1 saturated heterocycles. The Hall–Kier alpha value is -2.08. The lowest BCUT2D eigenvalue weighted by atomic mass is 10.1. The van der Waals surface area contributed by atoms with Crippen LogP contribution in [0.1, 0.15) is 36.4 Å². The Labute approximate surface area is 134 Å². The zero-order chi connectivity index (χ0) is 16.0. The molecule has 3 aliphatic rings. The second kappa shape index (κ2) is 5.53. The summed E-state index contributed by atoms with van der Waals surface area (Å²) in [4.78, 5) is 26.0. The molecular formula is C17H21N3O3. The molecule has 0 radical (unpaired) electrons. The molecule has 122 valence electrons. The minimum atomic E-state index is -0.605. The molecular weight excluding hydrogens is 294 g/mol. The highest BCUT2D eigenvalue weighted by Crippen LogP contribution is 2.32. The molecule has 6 heteroatoms. The topological polar surface area (TPSA) is 81.7 Å². The molecule has 23 heavy (non-hydrogen) atoms. The first-order chi connectivity index (χ1) is 11.1. The molecule has 0 bridgehead atoms. The Bertz CT molecular complexity index is 644. The van der Waals surface area contributed by atoms with Gasteiger partial charge in [-0.15, -0.1) is 0 Å². The molecule has 1 aliphatic heterocycles. The van der Waals surface area contributed by atoms with Gasteiger partial charge in [0.05, 0.1) is 18.2 Å². The van der Waals surface area contributed by atoms with E-state index in [1.165, 1.54) is 0 Å². The van der Waals surface area contributed by atoms with Crippen LogP contribution in [0.3, 0.4) is 0 Å². The second-order valence-electron chi connectivity index (χ2n) is 6.74. The monoisotopic (exact) mass is 315 g/mol. The van der Waals surface area contributed by atoms with E-state index >= 15 is 0 Å². The number of carbonyl (C=O) groups excluding carboxylic acids is 2. The van der Waals surface area contributed by atoms with Crippen molar-refractivity contribution in [2.75, 3.05) is 6.54 Å². The van der Waals surface area contributed by atoms with Crippen LogP contribution in [0.15, 0.2) is 24.3 Å². The number of amides is 3. The smallest absolute Gasteiger partial charge is 0.315 e. The van der Waals surface area contributed by atoms with E-state index in [0.717, 1.165) is 24.0 Å². The number of likely N-dealkylation sites (tertiary alicyclic amines) is 1. The number of carbonyl (C=O) groups is 2. The van der Waals surface area contributed by atoms with Gasteiger partial charge < -0.3 is 20.6 Å². The third-order valence-corrected chi connectivity index (χ3v) is 4.97. The van der Waals surface area contributed by atoms with Crippen molar-refractivity contribution in [3.63, 3.8) is 0 Å². The van der Waals surface area contributed by atoms with Gasteiger partial charge in [0.1, 0.15) is 0 Å². The van der Waals surface area contributed by atoms with Gasteiger partial charge >= 0.3 is 6.03 Å². The molecule has 1 unspecified atom stereocenters. The first-order valence-electron chi connectivity index (χ1n) is 8.24. The van der Waals surface area contributed by atoms with E-state index < -0.39 is 6.10 Å². The van der Waals surface area contributed by atoms with Gasteiger partial charge in [0.15, 0.2) is 0 Å². The summed E-state index contributed by atoms with van der Waals surface area (Å²) < 4.78 is 0. The SMILES string of the molecule is O=C(NC1CC(=O)N(C2CC2)C1)N[C@H]1c2ccccc2C[C@H]1O. The highest BCUT2D eigenvalue weighted by atomic mass is 16.3. The van der Waals surface area contributed by atoms with Crippen LogP contribution in [0.4, 0.5) is 4.79 Å². The summed E-state index contributed by atoms with van der Waals surface area (Å²) in [5.41, 5.74) is 2.04. The van der Waals surface area contributed by atoms with Gasteiger partial charge in [-0.3, -0.25) is 4.79 Å². The lowest BCUT2D eigenvalue weighted by molar-refractivity contribution is -0.128. The Kier molecular flexibility index (Phi) is 3.49. The van der Waals surface area contributed by atoms with Crippen LogP contribution in [0, 0.1) is 0 Å². The largest absolute Gasteiger partial charge is 0.390 e. The fourth-order valence-corrected chi connectivity index (χ4v) is 3.68. The normalized spacial score (nSPS) is 29.5. The Morgan fingerprint density at radius 1 is 1.17 bits per heavy atom. The summed E-state index contributed by atoms with van der Waals surface area (Å²) in [6.07, 6.45) is 2.48. The number of nitrogens with zero attached hydrogens (tertiary/aromatic N) is 1. The molecule has 0 aromatic heterocycles. The molecule has 1 saturated carbocycles. The minimum Gasteiger partial charge on any atom is -0.390 e. The van der Waals surface area contributed by atoms with Crippen LogP contribution in [0.2, 0.25) is 0 Å². The number of nitrogens with one attached hydrogen (secondary N) is 2. The van der Waals surface area contributed by atoms with Crippen LogP contribution in [-0.2, 0) is 11.2 Å². The molecule has 6 nitrogen and oxygen atoms in total. The zero-order valence-electron chi connectivity index (χ0n) is 12.9. The Morgan fingerprint density at radius 3 is 2.74 bits per heavy atom. The van der Waals surface area contributed by atoms with E-state index in [9.17, 15) is 14.7 Å². The highest BCUT2D eigenvalue weighted by Gasteiger charge is 2.40. The standard InChI is InChI=1S/C17H21N3O3/c21-14-7-10-3-1-2-4-13(10)16(14)19-17(23)18-11-8-15(22)20(9-11)12-5-6-12/h1-4,11-12,14,16,21H,5-9H2,(H2,18,19,23)/t11?,14-,16+/m1/s1. The number of urea groups is 1. The molecule has 2 aliphatic carbocycles. The van der Waals surface area contributed by atoms with E-state index in [0.29, 0.717) is 25.4 Å². The van der Waals surface area contributed by atoms with E-state index in [1.807, 2.05) is 29.2 Å². The summed E-state index contributed by atoms with van der Waals surface area (Å²) in [6, 6.07) is 7.30. The fourth-order valence-electron chi connectivity index (χ4n) is 3.68. The molecule has 1 heterocycles. The van der Waals surface area contributed by atoms with Gasteiger partial charge in [-0.2, -0.15) is 0 Å². The van der Waals surface area contributed by atoms with Crippen LogP contribution < -0.4 is 10.6 Å². The lowest BCUT2D eigenvalue weighted by Crippen LogP contribution is -2.46. The van der Waals surface area contributed by atoms with Crippen molar-refractivity contribution in [1.29, 1.82) is 0 Å². The summed E-state index contributed by atoms with van der Waals surface area (Å²) in [6.45, 7) is 0.598.